The maximum Gasteiger partial charge on any atom is 0.0702 e. The maximum atomic E-state index is 4.36. The van der Waals surface area contributed by atoms with Crippen LogP contribution in [0.1, 0.15) is 18.4 Å². The van der Waals surface area contributed by atoms with Crippen molar-refractivity contribution in [2.75, 3.05) is 13.1 Å². The van der Waals surface area contributed by atoms with Gasteiger partial charge in [0.2, 0.25) is 0 Å². The highest BCUT2D eigenvalue weighted by Gasteiger charge is 2.13. The monoisotopic (exact) mass is 298 g/mol. The molecule has 19 heavy (non-hydrogen) atoms. The molecule has 1 aromatic heterocycles. The topological polar surface area (TPSA) is 24.9 Å². The standard InChI is InChI=1S/C15H18N2.2ClH/c1-2-14-11-13(3-4-15(14)17-7-1)10-12-5-8-16-9-6-12;;/h1-4,7,11-12,16H,5-6,8-10H2;2*1H. The molecule has 0 amide bonds. The minimum atomic E-state index is 0. The molecule has 3 rings (SSSR count). The van der Waals surface area contributed by atoms with Crippen LogP contribution in [0.3, 0.4) is 0 Å². The molecule has 2 heterocycles. The van der Waals surface area contributed by atoms with Gasteiger partial charge in [0.1, 0.15) is 0 Å². The third-order valence-corrected chi connectivity index (χ3v) is 3.65. The van der Waals surface area contributed by atoms with Gasteiger partial charge in [-0.1, -0.05) is 12.1 Å². The first-order valence-electron chi connectivity index (χ1n) is 6.46. The van der Waals surface area contributed by atoms with Crippen molar-refractivity contribution in [2.45, 2.75) is 19.3 Å². The Morgan fingerprint density at radius 3 is 2.68 bits per heavy atom. The number of hydrogen-bond donors (Lipinski definition) is 1. The van der Waals surface area contributed by atoms with Crippen LogP contribution in [0.25, 0.3) is 10.9 Å². The lowest BCUT2D eigenvalue weighted by Crippen LogP contribution is -2.28. The number of piperidine rings is 1. The summed E-state index contributed by atoms with van der Waals surface area (Å²) in [6.45, 7) is 2.36. The largest absolute Gasteiger partial charge is 0.317 e. The molecular formula is C15H20Cl2N2. The first kappa shape index (κ1) is 16.2. The van der Waals surface area contributed by atoms with Crippen LogP contribution in [0, 0.1) is 5.92 Å². The van der Waals surface area contributed by atoms with Gasteiger partial charge < -0.3 is 5.32 Å². The Bertz CT molecular complexity index is 510. The highest BCUT2D eigenvalue weighted by molar-refractivity contribution is 5.85. The van der Waals surface area contributed by atoms with E-state index in [0.29, 0.717) is 0 Å². The van der Waals surface area contributed by atoms with E-state index in [-0.39, 0.29) is 24.8 Å². The van der Waals surface area contributed by atoms with E-state index in [1.54, 1.807) is 0 Å². The van der Waals surface area contributed by atoms with Crippen LogP contribution in [0.4, 0.5) is 0 Å². The van der Waals surface area contributed by atoms with Crippen molar-refractivity contribution < 1.29 is 0 Å². The summed E-state index contributed by atoms with van der Waals surface area (Å²) >= 11 is 0. The molecule has 0 spiro atoms. The van der Waals surface area contributed by atoms with Gasteiger partial charge in [-0.25, -0.2) is 0 Å². The number of aromatic nitrogens is 1. The van der Waals surface area contributed by atoms with Crippen LogP contribution in [0.15, 0.2) is 36.5 Å². The van der Waals surface area contributed by atoms with Crippen molar-refractivity contribution in [2.24, 2.45) is 5.92 Å². The number of nitrogens with one attached hydrogen (secondary N) is 1. The fourth-order valence-electron chi connectivity index (χ4n) is 2.67. The van der Waals surface area contributed by atoms with Gasteiger partial charge in [0, 0.05) is 11.6 Å². The molecule has 1 N–H and O–H groups in total. The smallest absolute Gasteiger partial charge is 0.0702 e. The second kappa shape index (κ2) is 7.68. The van der Waals surface area contributed by atoms with Gasteiger partial charge in [-0.3, -0.25) is 4.98 Å². The molecule has 0 aliphatic carbocycles. The van der Waals surface area contributed by atoms with Gasteiger partial charge >= 0.3 is 0 Å². The molecule has 0 bridgehead atoms. The van der Waals surface area contributed by atoms with E-state index in [1.807, 2.05) is 12.3 Å². The molecule has 1 aromatic carbocycles. The van der Waals surface area contributed by atoms with Crippen LogP contribution >= 0.6 is 24.8 Å². The summed E-state index contributed by atoms with van der Waals surface area (Å²) < 4.78 is 0. The number of nitrogens with zero attached hydrogens (tertiary/aromatic N) is 1. The van der Waals surface area contributed by atoms with Gasteiger partial charge in [0.15, 0.2) is 0 Å². The zero-order valence-corrected chi connectivity index (χ0v) is 12.5. The van der Waals surface area contributed by atoms with Crippen LogP contribution < -0.4 is 5.32 Å². The normalized spacial score (nSPS) is 15.6. The van der Waals surface area contributed by atoms with Gasteiger partial charge in [-0.15, -0.1) is 24.8 Å². The number of rotatable bonds is 2. The van der Waals surface area contributed by atoms with Crippen molar-refractivity contribution in [1.82, 2.24) is 10.3 Å². The highest BCUT2D eigenvalue weighted by atomic mass is 35.5. The second-order valence-electron chi connectivity index (χ2n) is 4.93. The first-order chi connectivity index (χ1) is 8.42. The summed E-state index contributed by atoms with van der Waals surface area (Å²) in [4.78, 5) is 4.36. The van der Waals surface area contributed by atoms with E-state index in [0.717, 1.165) is 11.4 Å². The van der Waals surface area contributed by atoms with Crippen molar-refractivity contribution >= 4 is 35.7 Å². The molecule has 2 nitrogen and oxygen atoms in total. The third kappa shape index (κ3) is 4.07. The molecular weight excluding hydrogens is 279 g/mol. The van der Waals surface area contributed by atoms with Crippen molar-refractivity contribution in [1.29, 1.82) is 0 Å². The van der Waals surface area contributed by atoms with Crippen molar-refractivity contribution in [3.63, 3.8) is 0 Å². The Hall–Kier alpha value is -0.830. The van der Waals surface area contributed by atoms with E-state index in [4.69, 9.17) is 0 Å². The van der Waals surface area contributed by atoms with Crippen LogP contribution in [0.5, 0.6) is 0 Å². The van der Waals surface area contributed by atoms with E-state index in [1.165, 1.54) is 43.3 Å². The van der Waals surface area contributed by atoms with Crippen molar-refractivity contribution in [3.05, 3.63) is 42.1 Å². The van der Waals surface area contributed by atoms with E-state index in [2.05, 4.69) is 34.6 Å². The summed E-state index contributed by atoms with van der Waals surface area (Å²) in [6.07, 6.45) is 5.69. The molecule has 2 aromatic rings. The predicted molar refractivity (Wildman–Crippen MR) is 85.5 cm³/mol. The summed E-state index contributed by atoms with van der Waals surface area (Å²) in [6, 6.07) is 10.8. The minimum absolute atomic E-state index is 0. The van der Waals surface area contributed by atoms with Crippen molar-refractivity contribution in [3.8, 4) is 0 Å². The van der Waals surface area contributed by atoms with Gasteiger partial charge in [0.25, 0.3) is 0 Å². The quantitative estimate of drug-likeness (QED) is 0.916. The lowest BCUT2D eigenvalue weighted by molar-refractivity contribution is 0.373. The van der Waals surface area contributed by atoms with Crippen LogP contribution in [-0.2, 0) is 6.42 Å². The van der Waals surface area contributed by atoms with Crippen LogP contribution in [-0.4, -0.2) is 18.1 Å². The molecule has 1 fully saturated rings. The van der Waals surface area contributed by atoms with E-state index >= 15 is 0 Å². The average molecular weight is 299 g/mol. The molecule has 104 valence electrons. The van der Waals surface area contributed by atoms with Crippen LogP contribution in [0.2, 0.25) is 0 Å². The zero-order chi connectivity index (χ0) is 11.5. The fourth-order valence-corrected chi connectivity index (χ4v) is 2.67. The van der Waals surface area contributed by atoms with Gasteiger partial charge in [0.05, 0.1) is 5.52 Å². The molecule has 1 aliphatic heterocycles. The minimum Gasteiger partial charge on any atom is -0.317 e. The Morgan fingerprint density at radius 1 is 1.11 bits per heavy atom. The molecule has 4 heteroatoms. The number of halogens is 2. The number of pyridine rings is 1. The maximum absolute atomic E-state index is 4.36. The molecule has 1 aliphatic rings. The van der Waals surface area contributed by atoms with Gasteiger partial charge in [-0.2, -0.15) is 0 Å². The molecule has 0 unspecified atom stereocenters. The summed E-state index contributed by atoms with van der Waals surface area (Å²) in [7, 11) is 0. The molecule has 0 radical (unpaired) electrons. The average Bonchev–Trinajstić information content (AvgIpc) is 2.40. The second-order valence-corrected chi connectivity index (χ2v) is 4.93. The predicted octanol–water partition coefficient (Wildman–Crippen LogP) is 3.62. The zero-order valence-electron chi connectivity index (χ0n) is 10.8. The number of fused-ring (bicyclic) bond motifs is 1. The highest BCUT2D eigenvalue weighted by Crippen LogP contribution is 2.20. The fraction of sp³-hybridized carbons (Fsp3) is 0.400. The van der Waals surface area contributed by atoms with E-state index in [9.17, 15) is 0 Å². The molecule has 1 saturated heterocycles. The lowest BCUT2D eigenvalue weighted by atomic mass is 9.90. The summed E-state index contributed by atoms with van der Waals surface area (Å²) in [5.74, 6) is 0.852. The van der Waals surface area contributed by atoms with Gasteiger partial charge in [-0.05, 0) is 62.0 Å². The Morgan fingerprint density at radius 2 is 1.89 bits per heavy atom. The number of hydrogen-bond acceptors (Lipinski definition) is 2. The molecule has 0 saturated carbocycles. The summed E-state index contributed by atoms with van der Waals surface area (Å²) in [5.41, 5.74) is 2.55. The lowest BCUT2D eigenvalue weighted by Gasteiger charge is -2.22. The Balaban J connectivity index is 0.000000902. The third-order valence-electron chi connectivity index (χ3n) is 3.65. The Kier molecular flexibility index (Phi) is 6.56. The molecule has 0 atom stereocenters. The summed E-state index contributed by atoms with van der Waals surface area (Å²) in [5, 5.41) is 4.68. The first-order valence-corrected chi connectivity index (χ1v) is 6.46. The number of benzene rings is 1. The Labute approximate surface area is 126 Å². The SMILES string of the molecule is Cl.Cl.c1cnc2ccc(CC3CCNCC3)cc2c1. The van der Waals surface area contributed by atoms with E-state index < -0.39 is 0 Å².